The number of benzene rings is 3. The summed E-state index contributed by atoms with van der Waals surface area (Å²) in [6.07, 6.45) is 3.41. The summed E-state index contributed by atoms with van der Waals surface area (Å²) in [4.78, 5) is 31.7. The summed E-state index contributed by atoms with van der Waals surface area (Å²) in [5, 5.41) is 0.861. The fourth-order valence-electron chi connectivity index (χ4n) is 4.75. The lowest BCUT2D eigenvalue weighted by Crippen LogP contribution is -2.26. The van der Waals surface area contributed by atoms with E-state index in [9.17, 15) is 9.59 Å². The van der Waals surface area contributed by atoms with Gasteiger partial charge >= 0.3 is 5.97 Å². The molecule has 9 nitrogen and oxygen atoms in total. The molecule has 216 valence electrons. The molecule has 2 heterocycles. The van der Waals surface area contributed by atoms with Gasteiger partial charge in [0.25, 0.3) is 5.56 Å². The van der Waals surface area contributed by atoms with Crippen molar-refractivity contribution in [1.82, 2.24) is 9.55 Å². The summed E-state index contributed by atoms with van der Waals surface area (Å²) >= 11 is 0. The molecule has 10 heteroatoms. The second-order valence-corrected chi connectivity index (χ2v) is 8.96. The van der Waals surface area contributed by atoms with Crippen molar-refractivity contribution < 1.29 is 28.5 Å². The monoisotopic (exact) mass is 588 g/mol. The van der Waals surface area contributed by atoms with Gasteiger partial charge in [-0.2, -0.15) is 0 Å². The molecule has 0 fully saturated rings. The highest BCUT2D eigenvalue weighted by Crippen LogP contribution is 2.44. The summed E-state index contributed by atoms with van der Waals surface area (Å²) in [5.41, 5.74) is 2.03. The number of hydrogen-bond acceptors (Lipinski definition) is 8. The van der Waals surface area contributed by atoms with Gasteiger partial charge < -0.3 is 23.7 Å². The Kier molecular flexibility index (Phi) is 9.34. The summed E-state index contributed by atoms with van der Waals surface area (Å²) in [6.45, 7) is 0.270. The van der Waals surface area contributed by atoms with E-state index in [4.69, 9.17) is 23.7 Å². The quantitative estimate of drug-likeness (QED) is 0.197. The Labute approximate surface area is 248 Å². The molecule has 0 bridgehead atoms. The zero-order chi connectivity index (χ0) is 28.9. The van der Waals surface area contributed by atoms with E-state index < -0.39 is 11.5 Å². The Balaban J connectivity index is 0.00000405. The number of ether oxygens (including phenoxy) is 5. The van der Waals surface area contributed by atoms with Crippen LogP contribution in [0.15, 0.2) is 90.0 Å². The van der Waals surface area contributed by atoms with Crippen LogP contribution >= 0.6 is 12.4 Å². The molecule has 0 spiro atoms. The second kappa shape index (κ2) is 13.1. The van der Waals surface area contributed by atoms with Gasteiger partial charge in [0.1, 0.15) is 18.1 Å². The molecule has 0 unspecified atom stereocenters. The van der Waals surface area contributed by atoms with Gasteiger partial charge in [-0.05, 0) is 59.5 Å². The molecule has 0 saturated heterocycles. The van der Waals surface area contributed by atoms with E-state index in [1.54, 1.807) is 67.0 Å². The lowest BCUT2D eigenvalue weighted by Gasteiger charge is -2.21. The number of para-hydroxylation sites is 1. The van der Waals surface area contributed by atoms with Crippen molar-refractivity contribution in [2.75, 3.05) is 28.4 Å². The highest BCUT2D eigenvalue weighted by Gasteiger charge is 2.27. The number of pyridine rings is 2. The summed E-state index contributed by atoms with van der Waals surface area (Å²) in [6, 6.07) is 21.3. The Morgan fingerprint density at radius 2 is 1.55 bits per heavy atom. The van der Waals surface area contributed by atoms with Crippen LogP contribution in [0, 0.1) is 0 Å². The van der Waals surface area contributed by atoms with E-state index in [1.165, 1.54) is 33.0 Å². The molecular formula is C32H29ClN2O7. The van der Waals surface area contributed by atoms with Crippen LogP contribution in [0.1, 0.15) is 16.1 Å². The molecule has 0 aliphatic rings. The third kappa shape index (κ3) is 5.59. The standard InChI is InChI=1S/C32H28N2O7.ClH/c1-37-26-15-21(16-27(38-2)30(26)39-3)28-24-13-12-23(41-19-20-9-8-14-33-18-20)17-25(24)31(35)34(29(28)32(36)40-4)22-10-6-5-7-11-22;/h5-18H,19H2,1-4H3;1H. The number of fused-ring (bicyclic) bond motifs is 1. The van der Waals surface area contributed by atoms with Crippen molar-refractivity contribution in [2.24, 2.45) is 0 Å². The van der Waals surface area contributed by atoms with Crippen LogP contribution in [0.5, 0.6) is 23.0 Å². The number of nitrogens with zero attached hydrogens (tertiary/aromatic N) is 2. The number of aromatic nitrogens is 2. The average Bonchev–Trinajstić information content (AvgIpc) is 3.03. The van der Waals surface area contributed by atoms with Crippen LogP contribution in [-0.4, -0.2) is 44.0 Å². The minimum atomic E-state index is -0.687. The van der Waals surface area contributed by atoms with Crippen LogP contribution in [0.25, 0.3) is 27.6 Å². The molecule has 0 N–H and O–H groups in total. The average molecular weight is 589 g/mol. The van der Waals surface area contributed by atoms with E-state index >= 15 is 0 Å². The van der Waals surface area contributed by atoms with Gasteiger partial charge in [-0.3, -0.25) is 14.3 Å². The van der Waals surface area contributed by atoms with Gasteiger partial charge in [0.05, 0.1) is 33.8 Å². The van der Waals surface area contributed by atoms with Crippen LogP contribution in [0.4, 0.5) is 0 Å². The smallest absolute Gasteiger partial charge is 0.355 e. The topological polar surface area (TPSA) is 98.1 Å². The molecule has 0 aliphatic heterocycles. The van der Waals surface area contributed by atoms with Crippen molar-refractivity contribution in [3.63, 3.8) is 0 Å². The number of halogens is 1. The summed E-state index contributed by atoms with van der Waals surface area (Å²) in [5.74, 6) is 0.970. The number of rotatable bonds is 9. The first-order valence-corrected chi connectivity index (χ1v) is 12.7. The molecule has 0 amide bonds. The van der Waals surface area contributed by atoms with Gasteiger partial charge in [-0.15, -0.1) is 12.4 Å². The number of hydrogen-bond donors (Lipinski definition) is 0. The number of carbonyl (C=O) groups excluding carboxylic acids is 1. The minimum Gasteiger partial charge on any atom is -0.493 e. The molecule has 5 aromatic rings. The molecule has 0 saturated carbocycles. The Morgan fingerprint density at radius 1 is 0.833 bits per heavy atom. The highest BCUT2D eigenvalue weighted by molar-refractivity contribution is 6.07. The maximum atomic E-state index is 14.1. The Bertz CT molecular complexity index is 1750. The van der Waals surface area contributed by atoms with E-state index in [0.29, 0.717) is 50.6 Å². The Hall–Kier alpha value is -5.02. The predicted molar refractivity (Wildman–Crippen MR) is 162 cm³/mol. The SMILES string of the molecule is COC(=O)c1c(-c2cc(OC)c(OC)c(OC)c2)c2ccc(OCc3cccnc3)cc2c(=O)n1-c1ccccc1.Cl. The molecule has 42 heavy (non-hydrogen) atoms. The van der Waals surface area contributed by atoms with E-state index in [2.05, 4.69) is 4.98 Å². The Morgan fingerprint density at radius 3 is 2.14 bits per heavy atom. The van der Waals surface area contributed by atoms with Crippen LogP contribution in [0.2, 0.25) is 0 Å². The first-order valence-electron chi connectivity index (χ1n) is 12.7. The van der Waals surface area contributed by atoms with E-state index in [0.717, 1.165) is 5.56 Å². The first-order chi connectivity index (χ1) is 20.0. The second-order valence-electron chi connectivity index (χ2n) is 8.96. The van der Waals surface area contributed by atoms with Gasteiger partial charge in [-0.1, -0.05) is 24.3 Å². The van der Waals surface area contributed by atoms with Gasteiger partial charge in [0.15, 0.2) is 11.5 Å². The summed E-state index contributed by atoms with van der Waals surface area (Å²) in [7, 11) is 5.81. The molecular weight excluding hydrogens is 560 g/mol. The van der Waals surface area contributed by atoms with E-state index in [1.807, 2.05) is 18.2 Å². The third-order valence-corrected chi connectivity index (χ3v) is 6.63. The van der Waals surface area contributed by atoms with Crippen LogP contribution in [0.3, 0.4) is 0 Å². The molecule has 5 rings (SSSR count). The van der Waals surface area contributed by atoms with Crippen molar-refractivity contribution in [1.29, 1.82) is 0 Å². The van der Waals surface area contributed by atoms with Gasteiger partial charge in [0, 0.05) is 29.2 Å². The lowest BCUT2D eigenvalue weighted by molar-refractivity contribution is 0.0591. The first kappa shape index (κ1) is 30.0. The number of carbonyl (C=O) groups is 1. The zero-order valence-corrected chi connectivity index (χ0v) is 24.3. The highest BCUT2D eigenvalue weighted by atomic mass is 35.5. The maximum Gasteiger partial charge on any atom is 0.355 e. The molecule has 2 aromatic heterocycles. The van der Waals surface area contributed by atoms with E-state index in [-0.39, 0.29) is 24.7 Å². The summed E-state index contributed by atoms with van der Waals surface area (Å²) < 4.78 is 29.3. The number of methoxy groups -OCH3 is 4. The normalized spacial score (nSPS) is 10.5. The van der Waals surface area contributed by atoms with Gasteiger partial charge in [-0.25, -0.2) is 4.79 Å². The molecule has 0 atom stereocenters. The molecule has 3 aromatic carbocycles. The van der Waals surface area contributed by atoms with Crippen molar-refractivity contribution in [3.8, 4) is 39.8 Å². The van der Waals surface area contributed by atoms with Crippen LogP contribution < -0.4 is 24.5 Å². The van der Waals surface area contributed by atoms with Crippen LogP contribution in [-0.2, 0) is 11.3 Å². The van der Waals surface area contributed by atoms with Crippen molar-refractivity contribution in [2.45, 2.75) is 6.61 Å². The lowest BCUT2D eigenvalue weighted by atomic mass is 9.95. The fourth-order valence-corrected chi connectivity index (χ4v) is 4.75. The predicted octanol–water partition coefficient (Wildman–Crippen LogP) is 5.87. The molecule has 0 aliphatic carbocycles. The third-order valence-electron chi connectivity index (χ3n) is 6.63. The maximum absolute atomic E-state index is 14.1. The largest absolute Gasteiger partial charge is 0.493 e. The minimum absolute atomic E-state index is 0. The van der Waals surface area contributed by atoms with Crippen molar-refractivity contribution in [3.05, 3.63) is 107 Å². The van der Waals surface area contributed by atoms with Gasteiger partial charge in [0.2, 0.25) is 5.75 Å². The van der Waals surface area contributed by atoms with Crippen molar-refractivity contribution >= 4 is 29.1 Å². The fraction of sp³-hybridized carbons (Fsp3) is 0.156. The zero-order valence-electron chi connectivity index (χ0n) is 23.5. The number of esters is 1. The molecule has 0 radical (unpaired) electrons.